The fraction of sp³-hybridized carbons (Fsp3) is 0.533. The van der Waals surface area contributed by atoms with Crippen LogP contribution in [0.2, 0.25) is 0 Å². The molecule has 1 fully saturated rings. The quantitative estimate of drug-likeness (QED) is 0.643. The molecule has 4 nitrogen and oxygen atoms in total. The van der Waals surface area contributed by atoms with Crippen LogP contribution >= 0.6 is 0 Å². The molecule has 0 bridgehead atoms. The van der Waals surface area contributed by atoms with E-state index in [9.17, 15) is 0 Å². The third-order valence-electron chi connectivity index (χ3n) is 3.46. The Morgan fingerprint density at radius 1 is 1.32 bits per heavy atom. The molecule has 0 aromatic heterocycles. The minimum atomic E-state index is -0.0512. The van der Waals surface area contributed by atoms with Crippen molar-refractivity contribution < 1.29 is 4.74 Å². The van der Waals surface area contributed by atoms with E-state index in [-0.39, 0.29) is 5.60 Å². The van der Waals surface area contributed by atoms with Crippen LogP contribution < -0.4 is 10.6 Å². The SMILES string of the molecule is CN=C(NCc1ccccc1)NCC1(C)CCCO1. The smallest absolute Gasteiger partial charge is 0.191 e. The van der Waals surface area contributed by atoms with Crippen molar-refractivity contribution in [2.24, 2.45) is 4.99 Å². The van der Waals surface area contributed by atoms with Crippen molar-refractivity contribution in [2.45, 2.75) is 31.9 Å². The van der Waals surface area contributed by atoms with Gasteiger partial charge in [0.2, 0.25) is 0 Å². The van der Waals surface area contributed by atoms with E-state index in [0.717, 1.165) is 38.5 Å². The number of guanidine groups is 1. The van der Waals surface area contributed by atoms with Crippen LogP contribution in [-0.4, -0.2) is 31.8 Å². The number of benzene rings is 1. The summed E-state index contributed by atoms with van der Waals surface area (Å²) in [4.78, 5) is 4.23. The normalized spacial score (nSPS) is 23.4. The lowest BCUT2D eigenvalue weighted by Crippen LogP contribution is -2.45. The molecule has 0 saturated carbocycles. The van der Waals surface area contributed by atoms with Gasteiger partial charge in [0, 0.05) is 26.7 Å². The number of aliphatic imine (C=N–C) groups is 1. The highest BCUT2D eigenvalue weighted by atomic mass is 16.5. The largest absolute Gasteiger partial charge is 0.373 e. The van der Waals surface area contributed by atoms with Gasteiger partial charge in [0.15, 0.2) is 5.96 Å². The minimum Gasteiger partial charge on any atom is -0.373 e. The molecule has 1 aliphatic heterocycles. The first-order chi connectivity index (χ1) is 9.22. The van der Waals surface area contributed by atoms with Crippen LogP contribution in [0.3, 0.4) is 0 Å². The molecular formula is C15H23N3O. The average Bonchev–Trinajstić information content (AvgIpc) is 2.87. The Bertz CT molecular complexity index is 411. The monoisotopic (exact) mass is 261 g/mol. The zero-order valence-electron chi connectivity index (χ0n) is 11.8. The van der Waals surface area contributed by atoms with Crippen LogP contribution in [-0.2, 0) is 11.3 Å². The summed E-state index contributed by atoms with van der Waals surface area (Å²) in [6.07, 6.45) is 2.25. The number of hydrogen-bond donors (Lipinski definition) is 2. The molecule has 4 heteroatoms. The van der Waals surface area contributed by atoms with Gasteiger partial charge in [0.1, 0.15) is 0 Å². The Kier molecular flexibility index (Phi) is 4.80. The standard InChI is InChI=1S/C15H23N3O/c1-15(9-6-10-19-15)12-18-14(16-2)17-11-13-7-4-3-5-8-13/h3-5,7-8H,6,9-12H2,1-2H3,(H2,16,17,18). The first kappa shape index (κ1) is 13.9. The highest BCUT2D eigenvalue weighted by Crippen LogP contribution is 2.23. The lowest BCUT2D eigenvalue weighted by atomic mass is 10.0. The highest BCUT2D eigenvalue weighted by molar-refractivity contribution is 5.79. The van der Waals surface area contributed by atoms with Gasteiger partial charge in [-0.25, -0.2) is 0 Å². The maximum atomic E-state index is 5.75. The summed E-state index contributed by atoms with van der Waals surface area (Å²) in [5, 5.41) is 6.65. The third kappa shape index (κ3) is 4.24. The summed E-state index contributed by atoms with van der Waals surface area (Å²) in [5.74, 6) is 0.820. The Hall–Kier alpha value is -1.55. The Labute approximate surface area is 115 Å². The van der Waals surface area contributed by atoms with Crippen molar-refractivity contribution in [3.63, 3.8) is 0 Å². The molecule has 1 aromatic carbocycles. The Morgan fingerprint density at radius 3 is 2.74 bits per heavy atom. The van der Waals surface area contributed by atoms with E-state index >= 15 is 0 Å². The summed E-state index contributed by atoms with van der Waals surface area (Å²) in [5.41, 5.74) is 1.19. The van der Waals surface area contributed by atoms with Crippen molar-refractivity contribution in [3.05, 3.63) is 35.9 Å². The topological polar surface area (TPSA) is 45.7 Å². The summed E-state index contributed by atoms with van der Waals surface area (Å²) in [6, 6.07) is 10.3. The fourth-order valence-electron chi connectivity index (χ4n) is 2.25. The van der Waals surface area contributed by atoms with Gasteiger partial charge in [-0.3, -0.25) is 4.99 Å². The molecule has 1 aromatic rings. The Balaban J connectivity index is 1.78. The van der Waals surface area contributed by atoms with Gasteiger partial charge >= 0.3 is 0 Å². The third-order valence-corrected chi connectivity index (χ3v) is 3.46. The number of nitrogens with zero attached hydrogens (tertiary/aromatic N) is 1. The molecule has 2 rings (SSSR count). The van der Waals surface area contributed by atoms with Crippen LogP contribution in [0.5, 0.6) is 0 Å². The van der Waals surface area contributed by atoms with Gasteiger partial charge in [-0.2, -0.15) is 0 Å². The van der Waals surface area contributed by atoms with Crippen LogP contribution in [0, 0.1) is 0 Å². The van der Waals surface area contributed by atoms with Gasteiger partial charge in [0.25, 0.3) is 0 Å². The predicted octanol–water partition coefficient (Wildman–Crippen LogP) is 1.92. The molecule has 0 radical (unpaired) electrons. The van der Waals surface area contributed by atoms with Gasteiger partial charge in [-0.1, -0.05) is 30.3 Å². The summed E-state index contributed by atoms with van der Waals surface area (Å²) in [7, 11) is 1.79. The first-order valence-corrected chi connectivity index (χ1v) is 6.84. The lowest BCUT2D eigenvalue weighted by Gasteiger charge is -2.24. The minimum absolute atomic E-state index is 0.0512. The molecule has 1 unspecified atom stereocenters. The molecule has 0 spiro atoms. The van der Waals surface area contributed by atoms with Crippen molar-refractivity contribution in [2.75, 3.05) is 20.2 Å². The maximum absolute atomic E-state index is 5.75. The molecule has 104 valence electrons. The maximum Gasteiger partial charge on any atom is 0.191 e. The van der Waals surface area contributed by atoms with Crippen LogP contribution in [0.25, 0.3) is 0 Å². The second-order valence-electron chi connectivity index (χ2n) is 5.17. The van der Waals surface area contributed by atoms with Crippen molar-refractivity contribution >= 4 is 5.96 Å². The van der Waals surface area contributed by atoms with E-state index < -0.39 is 0 Å². The first-order valence-electron chi connectivity index (χ1n) is 6.84. The lowest BCUT2D eigenvalue weighted by molar-refractivity contribution is 0.0243. The van der Waals surface area contributed by atoms with Gasteiger partial charge in [0.05, 0.1) is 5.60 Å². The second kappa shape index (κ2) is 6.57. The zero-order valence-corrected chi connectivity index (χ0v) is 11.8. The molecule has 0 aliphatic carbocycles. The van der Waals surface area contributed by atoms with Crippen molar-refractivity contribution in [3.8, 4) is 0 Å². The Morgan fingerprint density at radius 2 is 2.11 bits per heavy atom. The summed E-state index contributed by atoms with van der Waals surface area (Å²) in [6.45, 7) is 4.59. The van der Waals surface area contributed by atoms with Crippen LogP contribution in [0.1, 0.15) is 25.3 Å². The molecule has 2 N–H and O–H groups in total. The van der Waals surface area contributed by atoms with E-state index in [1.54, 1.807) is 7.05 Å². The average molecular weight is 261 g/mol. The van der Waals surface area contributed by atoms with E-state index in [1.165, 1.54) is 5.56 Å². The van der Waals surface area contributed by atoms with E-state index in [4.69, 9.17) is 4.74 Å². The van der Waals surface area contributed by atoms with Gasteiger partial charge in [-0.15, -0.1) is 0 Å². The van der Waals surface area contributed by atoms with Gasteiger partial charge in [-0.05, 0) is 25.3 Å². The van der Waals surface area contributed by atoms with Crippen LogP contribution in [0.4, 0.5) is 0 Å². The van der Waals surface area contributed by atoms with Crippen molar-refractivity contribution in [1.82, 2.24) is 10.6 Å². The van der Waals surface area contributed by atoms with E-state index in [2.05, 4.69) is 34.7 Å². The summed E-state index contributed by atoms with van der Waals surface area (Å²) < 4.78 is 5.75. The fourth-order valence-corrected chi connectivity index (χ4v) is 2.25. The predicted molar refractivity (Wildman–Crippen MR) is 78.2 cm³/mol. The molecule has 0 amide bonds. The molecule has 19 heavy (non-hydrogen) atoms. The summed E-state index contributed by atoms with van der Waals surface area (Å²) >= 11 is 0. The zero-order chi connectivity index (χ0) is 13.6. The second-order valence-corrected chi connectivity index (χ2v) is 5.17. The van der Waals surface area contributed by atoms with Crippen molar-refractivity contribution in [1.29, 1.82) is 0 Å². The van der Waals surface area contributed by atoms with E-state index in [1.807, 2.05) is 18.2 Å². The highest BCUT2D eigenvalue weighted by Gasteiger charge is 2.29. The number of ether oxygens (including phenoxy) is 1. The molecule has 1 atom stereocenters. The number of nitrogens with one attached hydrogen (secondary N) is 2. The number of rotatable bonds is 4. The number of hydrogen-bond acceptors (Lipinski definition) is 2. The molecule has 1 saturated heterocycles. The molecule has 1 heterocycles. The molecule has 1 aliphatic rings. The molecular weight excluding hydrogens is 238 g/mol. The van der Waals surface area contributed by atoms with Crippen LogP contribution in [0.15, 0.2) is 35.3 Å². The van der Waals surface area contributed by atoms with E-state index in [0.29, 0.717) is 0 Å². The van der Waals surface area contributed by atoms with Gasteiger partial charge < -0.3 is 15.4 Å².